The minimum absolute atomic E-state index is 0.127. The predicted molar refractivity (Wildman–Crippen MR) is 77.6 cm³/mol. The molecule has 0 aliphatic carbocycles. The van der Waals surface area contributed by atoms with Gasteiger partial charge >= 0.3 is 0 Å². The standard InChI is InChI=1S/C15H24N2O2/c1-5-8-13-10(4)9-12(15(19)17-13)14(18)16-11(6-2)7-3/h9,11H,5-8H2,1-4H3,(H,16,18)(H,17,19). The average molecular weight is 264 g/mol. The number of carbonyl (C=O) groups excluding carboxylic acids is 1. The molecule has 0 aromatic carbocycles. The van der Waals surface area contributed by atoms with Gasteiger partial charge in [-0.1, -0.05) is 27.2 Å². The largest absolute Gasteiger partial charge is 0.349 e. The van der Waals surface area contributed by atoms with Crippen molar-refractivity contribution in [3.05, 3.63) is 33.2 Å². The molecule has 0 aliphatic rings. The number of H-pyrrole nitrogens is 1. The van der Waals surface area contributed by atoms with Gasteiger partial charge in [0, 0.05) is 11.7 Å². The highest BCUT2D eigenvalue weighted by Crippen LogP contribution is 2.07. The highest BCUT2D eigenvalue weighted by Gasteiger charge is 2.15. The molecule has 4 heteroatoms. The Balaban J connectivity index is 2.98. The first-order chi connectivity index (χ1) is 9.03. The number of rotatable bonds is 6. The molecule has 4 nitrogen and oxygen atoms in total. The number of aromatic nitrogens is 1. The molecule has 1 heterocycles. The maximum Gasteiger partial charge on any atom is 0.261 e. The molecule has 0 radical (unpaired) electrons. The Kier molecular flexibility index (Phi) is 5.80. The number of hydrogen-bond donors (Lipinski definition) is 2. The summed E-state index contributed by atoms with van der Waals surface area (Å²) in [7, 11) is 0. The molecule has 0 unspecified atom stereocenters. The van der Waals surface area contributed by atoms with Gasteiger partial charge < -0.3 is 10.3 Å². The maximum absolute atomic E-state index is 12.1. The summed E-state index contributed by atoms with van der Waals surface area (Å²) >= 11 is 0. The van der Waals surface area contributed by atoms with E-state index < -0.39 is 0 Å². The molecule has 1 amide bonds. The molecule has 0 fully saturated rings. The van der Waals surface area contributed by atoms with Crippen LogP contribution in [0.5, 0.6) is 0 Å². The Morgan fingerprint density at radius 3 is 2.47 bits per heavy atom. The molecule has 0 bridgehead atoms. The van der Waals surface area contributed by atoms with E-state index in [0.29, 0.717) is 0 Å². The highest BCUT2D eigenvalue weighted by atomic mass is 16.2. The van der Waals surface area contributed by atoms with E-state index >= 15 is 0 Å². The Morgan fingerprint density at radius 2 is 1.95 bits per heavy atom. The molecular weight excluding hydrogens is 240 g/mol. The van der Waals surface area contributed by atoms with Crippen LogP contribution < -0.4 is 10.9 Å². The molecule has 1 aromatic rings. The van der Waals surface area contributed by atoms with Crippen LogP contribution in [0.2, 0.25) is 0 Å². The van der Waals surface area contributed by atoms with E-state index in [9.17, 15) is 9.59 Å². The van der Waals surface area contributed by atoms with E-state index in [2.05, 4.69) is 17.2 Å². The van der Waals surface area contributed by atoms with Crippen molar-refractivity contribution in [2.75, 3.05) is 0 Å². The third-order valence-electron chi connectivity index (χ3n) is 3.41. The van der Waals surface area contributed by atoms with Crippen LogP contribution in [0.15, 0.2) is 10.9 Å². The SMILES string of the molecule is CCCc1[nH]c(=O)c(C(=O)NC(CC)CC)cc1C. The molecule has 1 aromatic heterocycles. The van der Waals surface area contributed by atoms with Crippen molar-refractivity contribution in [1.29, 1.82) is 0 Å². The lowest BCUT2D eigenvalue weighted by atomic mass is 10.1. The van der Waals surface area contributed by atoms with Gasteiger partial charge in [0.25, 0.3) is 11.5 Å². The van der Waals surface area contributed by atoms with Crippen LogP contribution in [0.25, 0.3) is 0 Å². The molecule has 0 spiro atoms. The van der Waals surface area contributed by atoms with E-state index in [1.165, 1.54) is 0 Å². The minimum Gasteiger partial charge on any atom is -0.349 e. The number of pyridine rings is 1. The summed E-state index contributed by atoms with van der Waals surface area (Å²) in [5.74, 6) is -0.277. The van der Waals surface area contributed by atoms with Crippen molar-refractivity contribution < 1.29 is 4.79 Å². The van der Waals surface area contributed by atoms with Gasteiger partial charge in [-0.15, -0.1) is 0 Å². The average Bonchev–Trinajstić information content (AvgIpc) is 2.39. The van der Waals surface area contributed by atoms with E-state index in [4.69, 9.17) is 0 Å². The topological polar surface area (TPSA) is 62.0 Å². The Bertz CT molecular complexity index is 487. The van der Waals surface area contributed by atoms with Gasteiger partial charge in [0.05, 0.1) is 0 Å². The fourth-order valence-electron chi connectivity index (χ4n) is 2.11. The number of hydrogen-bond acceptors (Lipinski definition) is 2. The van der Waals surface area contributed by atoms with Crippen molar-refractivity contribution >= 4 is 5.91 Å². The van der Waals surface area contributed by atoms with Crippen LogP contribution in [-0.2, 0) is 6.42 Å². The number of amides is 1. The Morgan fingerprint density at radius 1 is 1.32 bits per heavy atom. The van der Waals surface area contributed by atoms with E-state index in [-0.39, 0.29) is 23.1 Å². The van der Waals surface area contributed by atoms with Crippen LogP contribution in [0.4, 0.5) is 0 Å². The predicted octanol–water partition coefficient (Wildman–Crippen LogP) is 2.55. The van der Waals surface area contributed by atoms with Gasteiger partial charge in [-0.05, 0) is 37.8 Å². The van der Waals surface area contributed by atoms with E-state index in [1.54, 1.807) is 6.07 Å². The van der Waals surface area contributed by atoms with Gasteiger partial charge in [-0.3, -0.25) is 9.59 Å². The molecule has 0 saturated heterocycles. The summed E-state index contributed by atoms with van der Waals surface area (Å²) in [6, 6.07) is 1.82. The second-order valence-electron chi connectivity index (χ2n) is 4.91. The summed E-state index contributed by atoms with van der Waals surface area (Å²) in [6.07, 6.45) is 3.53. The zero-order chi connectivity index (χ0) is 14.4. The number of carbonyl (C=O) groups is 1. The van der Waals surface area contributed by atoms with Gasteiger partial charge in [0.1, 0.15) is 5.56 Å². The lowest BCUT2D eigenvalue weighted by Gasteiger charge is -2.15. The molecule has 0 atom stereocenters. The Labute approximate surface area is 114 Å². The number of aryl methyl sites for hydroxylation is 2. The summed E-state index contributed by atoms with van der Waals surface area (Å²) in [5, 5.41) is 2.89. The normalized spacial score (nSPS) is 10.8. The third kappa shape index (κ3) is 3.94. The van der Waals surface area contributed by atoms with Crippen molar-refractivity contribution in [3.8, 4) is 0 Å². The fourth-order valence-corrected chi connectivity index (χ4v) is 2.11. The zero-order valence-electron chi connectivity index (χ0n) is 12.3. The summed E-state index contributed by atoms with van der Waals surface area (Å²) in [5.41, 5.74) is 1.81. The van der Waals surface area contributed by atoms with Gasteiger partial charge in [-0.25, -0.2) is 0 Å². The Hall–Kier alpha value is -1.58. The smallest absolute Gasteiger partial charge is 0.261 e. The zero-order valence-corrected chi connectivity index (χ0v) is 12.3. The first kappa shape index (κ1) is 15.5. The second kappa shape index (κ2) is 7.12. The molecule has 0 saturated carbocycles. The molecule has 2 N–H and O–H groups in total. The van der Waals surface area contributed by atoms with Crippen LogP contribution in [0.3, 0.4) is 0 Å². The maximum atomic E-state index is 12.1. The van der Waals surface area contributed by atoms with Crippen LogP contribution in [0.1, 0.15) is 61.6 Å². The van der Waals surface area contributed by atoms with E-state index in [0.717, 1.165) is 36.9 Å². The first-order valence-electron chi connectivity index (χ1n) is 7.07. The van der Waals surface area contributed by atoms with Crippen molar-refractivity contribution in [2.24, 2.45) is 0 Å². The molecule has 0 aliphatic heterocycles. The lowest BCUT2D eigenvalue weighted by molar-refractivity contribution is 0.0933. The molecule has 1 rings (SSSR count). The van der Waals surface area contributed by atoms with Crippen LogP contribution in [0, 0.1) is 6.92 Å². The van der Waals surface area contributed by atoms with Gasteiger partial charge in [0.2, 0.25) is 0 Å². The monoisotopic (exact) mass is 264 g/mol. The van der Waals surface area contributed by atoms with Crippen molar-refractivity contribution in [1.82, 2.24) is 10.3 Å². The number of nitrogens with one attached hydrogen (secondary N) is 2. The molecule has 106 valence electrons. The van der Waals surface area contributed by atoms with E-state index in [1.807, 2.05) is 20.8 Å². The van der Waals surface area contributed by atoms with Gasteiger partial charge in [-0.2, -0.15) is 0 Å². The van der Waals surface area contributed by atoms with Gasteiger partial charge in [0.15, 0.2) is 0 Å². The summed E-state index contributed by atoms with van der Waals surface area (Å²) in [4.78, 5) is 26.9. The fraction of sp³-hybridized carbons (Fsp3) is 0.600. The van der Waals surface area contributed by atoms with Crippen molar-refractivity contribution in [3.63, 3.8) is 0 Å². The first-order valence-corrected chi connectivity index (χ1v) is 7.07. The number of aromatic amines is 1. The second-order valence-corrected chi connectivity index (χ2v) is 4.91. The third-order valence-corrected chi connectivity index (χ3v) is 3.41. The van der Waals surface area contributed by atoms with Crippen molar-refractivity contribution in [2.45, 2.75) is 59.4 Å². The van der Waals surface area contributed by atoms with Crippen LogP contribution >= 0.6 is 0 Å². The quantitative estimate of drug-likeness (QED) is 0.829. The minimum atomic E-state index is -0.294. The van der Waals surface area contributed by atoms with Crippen LogP contribution in [-0.4, -0.2) is 16.9 Å². The summed E-state index contributed by atoms with van der Waals surface area (Å²) < 4.78 is 0. The molecular formula is C15H24N2O2. The highest BCUT2D eigenvalue weighted by molar-refractivity contribution is 5.94. The molecule has 19 heavy (non-hydrogen) atoms. The summed E-state index contributed by atoms with van der Waals surface area (Å²) in [6.45, 7) is 8.03. The lowest BCUT2D eigenvalue weighted by Crippen LogP contribution is -2.37.